The third-order valence-corrected chi connectivity index (χ3v) is 2.48. The summed E-state index contributed by atoms with van der Waals surface area (Å²) in [4.78, 5) is 0. The number of benzene rings is 1. The number of methoxy groups -OCH3 is 1. The van der Waals surface area contributed by atoms with Crippen molar-refractivity contribution in [1.29, 1.82) is 10.5 Å². The van der Waals surface area contributed by atoms with Gasteiger partial charge >= 0.3 is 0 Å². The molecule has 0 saturated heterocycles. The zero-order valence-corrected chi connectivity index (χ0v) is 11.1. The van der Waals surface area contributed by atoms with Gasteiger partial charge in [-0.25, -0.2) is 0 Å². The first-order valence-electron chi connectivity index (χ1n) is 5.59. The summed E-state index contributed by atoms with van der Waals surface area (Å²) >= 11 is 0. The number of rotatable bonds is 3. The molecule has 19 heavy (non-hydrogen) atoms. The Kier molecular flexibility index (Phi) is 4.74. The van der Waals surface area contributed by atoms with Crippen molar-refractivity contribution >= 4 is 12.2 Å². The highest BCUT2D eigenvalue weighted by Crippen LogP contribution is 2.31. The van der Waals surface area contributed by atoms with E-state index in [1.165, 1.54) is 13.2 Å². The Bertz CT molecular complexity index is 629. The Labute approximate surface area is 112 Å². The van der Waals surface area contributed by atoms with Gasteiger partial charge in [0.2, 0.25) is 0 Å². The van der Waals surface area contributed by atoms with Gasteiger partial charge in [0.1, 0.15) is 11.5 Å². The maximum absolute atomic E-state index is 9.92. The molecule has 0 saturated carbocycles. The molecule has 0 aromatic heterocycles. The number of nitrogens with zero attached hydrogens (tertiary/aromatic N) is 2. The Morgan fingerprint density at radius 3 is 2.11 bits per heavy atom. The third kappa shape index (κ3) is 3.62. The van der Waals surface area contributed by atoms with Crippen LogP contribution < -0.4 is 4.74 Å². The summed E-state index contributed by atoms with van der Waals surface area (Å²) in [5.74, 6) is 0.566. The van der Waals surface area contributed by atoms with Gasteiger partial charge in [-0.05, 0) is 38.1 Å². The van der Waals surface area contributed by atoms with E-state index in [4.69, 9.17) is 15.3 Å². The summed E-state index contributed by atoms with van der Waals surface area (Å²) in [6, 6.07) is 7.14. The predicted octanol–water partition coefficient (Wildman–Crippen LogP) is 3.25. The highest BCUT2D eigenvalue weighted by Gasteiger charge is 2.07. The number of hydrogen-bond acceptors (Lipinski definition) is 4. The lowest BCUT2D eigenvalue weighted by Gasteiger charge is -2.08. The van der Waals surface area contributed by atoms with E-state index < -0.39 is 0 Å². The van der Waals surface area contributed by atoms with Crippen molar-refractivity contribution in [1.82, 2.24) is 0 Å². The van der Waals surface area contributed by atoms with Gasteiger partial charge in [-0.3, -0.25) is 0 Å². The molecule has 0 fully saturated rings. The number of phenols is 1. The third-order valence-electron chi connectivity index (χ3n) is 2.48. The van der Waals surface area contributed by atoms with Crippen LogP contribution in [0.5, 0.6) is 11.5 Å². The highest BCUT2D eigenvalue weighted by molar-refractivity contribution is 5.71. The van der Waals surface area contributed by atoms with Crippen molar-refractivity contribution in [3.63, 3.8) is 0 Å². The number of aromatic hydroxyl groups is 1. The van der Waals surface area contributed by atoms with Crippen LogP contribution in [0, 0.1) is 22.7 Å². The van der Waals surface area contributed by atoms with Crippen LogP contribution in [0.3, 0.4) is 0 Å². The fraction of sp³-hybridized carbons (Fsp3) is 0.200. The molecule has 0 bridgehead atoms. The molecule has 0 aliphatic rings. The molecule has 96 valence electrons. The summed E-state index contributed by atoms with van der Waals surface area (Å²) in [5.41, 5.74) is 2.11. The van der Waals surface area contributed by atoms with Crippen molar-refractivity contribution in [3.05, 3.63) is 34.4 Å². The second-order valence-electron chi connectivity index (χ2n) is 4.03. The standard InChI is InChI=1S/C15H14N2O2/c1-10(8-16)4-12-7-15(19-3)13(6-14(12)18)5-11(2)9-17/h4-7,18H,1-3H3/b10-4-,11-5-. The number of phenolic OH excluding ortho intramolecular Hbond substituents is 1. The summed E-state index contributed by atoms with van der Waals surface area (Å²) in [6.07, 6.45) is 3.20. The second-order valence-corrected chi connectivity index (χ2v) is 4.03. The van der Waals surface area contributed by atoms with Gasteiger partial charge in [0.15, 0.2) is 0 Å². The fourth-order valence-electron chi connectivity index (χ4n) is 1.54. The Morgan fingerprint density at radius 1 is 1.11 bits per heavy atom. The second kappa shape index (κ2) is 6.28. The largest absolute Gasteiger partial charge is 0.507 e. The normalized spacial score (nSPS) is 11.6. The van der Waals surface area contributed by atoms with E-state index in [9.17, 15) is 5.11 Å². The van der Waals surface area contributed by atoms with Crippen molar-refractivity contribution in [2.24, 2.45) is 0 Å². The molecule has 1 aromatic carbocycles. The molecule has 1 aromatic rings. The summed E-state index contributed by atoms with van der Waals surface area (Å²) in [5, 5.41) is 27.4. The number of hydrogen-bond donors (Lipinski definition) is 1. The topological polar surface area (TPSA) is 77.0 Å². The first-order chi connectivity index (χ1) is 9.01. The maximum Gasteiger partial charge on any atom is 0.126 e. The smallest absolute Gasteiger partial charge is 0.126 e. The van der Waals surface area contributed by atoms with E-state index in [-0.39, 0.29) is 5.75 Å². The molecule has 0 heterocycles. The molecular weight excluding hydrogens is 240 g/mol. The van der Waals surface area contributed by atoms with E-state index in [0.29, 0.717) is 28.0 Å². The van der Waals surface area contributed by atoms with Crippen LogP contribution in [0.4, 0.5) is 0 Å². The Morgan fingerprint density at radius 2 is 1.63 bits per heavy atom. The van der Waals surface area contributed by atoms with Crippen LogP contribution in [-0.4, -0.2) is 12.2 Å². The minimum atomic E-state index is 0.0346. The van der Waals surface area contributed by atoms with Gasteiger partial charge in [-0.2, -0.15) is 10.5 Å². The van der Waals surface area contributed by atoms with E-state index in [2.05, 4.69) is 0 Å². The van der Waals surface area contributed by atoms with E-state index in [1.54, 1.807) is 32.1 Å². The van der Waals surface area contributed by atoms with Gasteiger partial charge in [-0.15, -0.1) is 0 Å². The van der Waals surface area contributed by atoms with Crippen molar-refractivity contribution in [2.45, 2.75) is 13.8 Å². The Balaban J connectivity index is 3.39. The van der Waals surface area contributed by atoms with Crippen LogP contribution in [0.15, 0.2) is 23.3 Å². The molecule has 4 heteroatoms. The van der Waals surface area contributed by atoms with Crippen LogP contribution in [0.1, 0.15) is 25.0 Å². The van der Waals surface area contributed by atoms with Crippen LogP contribution in [-0.2, 0) is 0 Å². The maximum atomic E-state index is 9.92. The van der Waals surface area contributed by atoms with Gasteiger partial charge in [-0.1, -0.05) is 0 Å². The predicted molar refractivity (Wildman–Crippen MR) is 73.2 cm³/mol. The highest BCUT2D eigenvalue weighted by atomic mass is 16.5. The van der Waals surface area contributed by atoms with Gasteiger partial charge in [0, 0.05) is 22.3 Å². The van der Waals surface area contributed by atoms with Gasteiger partial charge < -0.3 is 9.84 Å². The first kappa shape index (κ1) is 14.3. The van der Waals surface area contributed by atoms with Crippen LogP contribution >= 0.6 is 0 Å². The summed E-state index contributed by atoms with van der Waals surface area (Å²) in [7, 11) is 1.51. The first-order valence-corrected chi connectivity index (χ1v) is 5.59. The van der Waals surface area contributed by atoms with E-state index in [1.807, 2.05) is 12.1 Å². The quantitative estimate of drug-likeness (QED) is 0.840. The number of nitriles is 2. The van der Waals surface area contributed by atoms with Crippen molar-refractivity contribution in [3.8, 4) is 23.6 Å². The molecule has 1 rings (SSSR count). The van der Waals surface area contributed by atoms with Gasteiger partial charge in [0.25, 0.3) is 0 Å². The molecule has 4 nitrogen and oxygen atoms in total. The monoisotopic (exact) mass is 254 g/mol. The molecule has 0 unspecified atom stereocenters. The summed E-state index contributed by atoms with van der Waals surface area (Å²) < 4.78 is 5.22. The molecule has 1 N–H and O–H groups in total. The number of allylic oxidation sites excluding steroid dienone is 2. The lowest BCUT2D eigenvalue weighted by atomic mass is 10.0. The van der Waals surface area contributed by atoms with Crippen LogP contribution in [0.25, 0.3) is 12.2 Å². The molecular formula is C15H14N2O2. The molecule has 0 spiro atoms. The van der Waals surface area contributed by atoms with Crippen molar-refractivity contribution < 1.29 is 9.84 Å². The molecule has 0 aliphatic heterocycles. The zero-order valence-electron chi connectivity index (χ0n) is 11.1. The lowest BCUT2D eigenvalue weighted by molar-refractivity contribution is 0.411. The lowest BCUT2D eigenvalue weighted by Crippen LogP contribution is -1.90. The minimum absolute atomic E-state index is 0.0346. The molecule has 0 radical (unpaired) electrons. The Hall–Kier alpha value is -2.72. The SMILES string of the molecule is COc1cc(/C=C(/C)C#N)c(O)cc1/C=C(/C)C#N. The molecule has 0 atom stereocenters. The van der Waals surface area contributed by atoms with Crippen molar-refractivity contribution in [2.75, 3.05) is 7.11 Å². The fourth-order valence-corrected chi connectivity index (χ4v) is 1.54. The van der Waals surface area contributed by atoms with Crippen LogP contribution in [0.2, 0.25) is 0 Å². The average molecular weight is 254 g/mol. The molecule has 0 amide bonds. The molecule has 0 aliphatic carbocycles. The van der Waals surface area contributed by atoms with E-state index in [0.717, 1.165) is 0 Å². The summed E-state index contributed by atoms with van der Waals surface area (Å²) in [6.45, 7) is 3.32. The average Bonchev–Trinajstić information content (AvgIpc) is 2.41. The zero-order chi connectivity index (χ0) is 14.4. The number of ether oxygens (including phenoxy) is 1. The minimum Gasteiger partial charge on any atom is -0.507 e. The van der Waals surface area contributed by atoms with Gasteiger partial charge in [0.05, 0.1) is 19.2 Å². The van der Waals surface area contributed by atoms with E-state index >= 15 is 0 Å².